The van der Waals surface area contributed by atoms with Gasteiger partial charge in [0, 0.05) is 14.1 Å². The highest BCUT2D eigenvalue weighted by Gasteiger charge is 2.36. The lowest BCUT2D eigenvalue weighted by Gasteiger charge is -2.42. The molecule has 1 aliphatic rings. The summed E-state index contributed by atoms with van der Waals surface area (Å²) < 4.78 is 0. The Balaban J connectivity index is 2.75. The second kappa shape index (κ2) is 7.84. The first-order chi connectivity index (χ1) is 9.91. The van der Waals surface area contributed by atoms with E-state index in [4.69, 9.17) is 0 Å². The zero-order valence-electron chi connectivity index (χ0n) is 14.8. The van der Waals surface area contributed by atoms with E-state index >= 15 is 0 Å². The van der Waals surface area contributed by atoms with E-state index in [1.165, 1.54) is 55.4 Å². The van der Waals surface area contributed by atoms with E-state index in [1.54, 1.807) is 0 Å². The molecule has 1 fully saturated rings. The summed E-state index contributed by atoms with van der Waals surface area (Å²) in [4.78, 5) is 0. The van der Waals surface area contributed by atoms with Crippen molar-refractivity contribution >= 4 is 0 Å². The van der Waals surface area contributed by atoms with Crippen molar-refractivity contribution in [1.82, 2.24) is 10.4 Å². The number of hydrogen-bond acceptors (Lipinski definition) is 2. The fourth-order valence-corrected chi connectivity index (χ4v) is 3.81. The zero-order chi connectivity index (χ0) is 16.0. The topological polar surface area (TPSA) is 15.3 Å². The van der Waals surface area contributed by atoms with Crippen molar-refractivity contribution in [2.75, 3.05) is 14.1 Å². The lowest BCUT2D eigenvalue weighted by Crippen LogP contribution is -2.34. The van der Waals surface area contributed by atoms with Gasteiger partial charge < -0.3 is 5.01 Å². The van der Waals surface area contributed by atoms with E-state index in [2.05, 4.69) is 57.5 Å². The van der Waals surface area contributed by atoms with Crippen LogP contribution >= 0.6 is 0 Å². The predicted molar refractivity (Wildman–Crippen MR) is 93.8 cm³/mol. The molecule has 120 valence electrons. The molecule has 0 unspecified atom stereocenters. The lowest BCUT2D eigenvalue weighted by atomic mass is 9.63. The van der Waals surface area contributed by atoms with Crippen LogP contribution in [0.15, 0.2) is 36.1 Å². The SMILES string of the molecule is C=C(/C(=C\C)N(C)NC)C1CCC(CCC)(C(=C)C)CC1. The molecule has 0 saturated heterocycles. The summed E-state index contributed by atoms with van der Waals surface area (Å²) in [5, 5.41) is 2.06. The Bertz CT molecular complexity index is 398. The minimum absolute atomic E-state index is 0.385. The fourth-order valence-electron chi connectivity index (χ4n) is 3.81. The van der Waals surface area contributed by atoms with Gasteiger partial charge in [-0.1, -0.05) is 38.2 Å². The summed E-state index contributed by atoms with van der Waals surface area (Å²) >= 11 is 0. The third-order valence-electron chi connectivity index (χ3n) is 5.37. The Labute approximate surface area is 132 Å². The van der Waals surface area contributed by atoms with Crippen LogP contribution < -0.4 is 5.43 Å². The molecule has 0 bridgehead atoms. The third-order valence-corrected chi connectivity index (χ3v) is 5.37. The standard InChI is InChI=1S/C19H34N2/c1-8-12-19(15(3)4)13-10-17(11-14-19)16(5)18(9-2)21(7)20-6/h9,17,20H,3,5,8,10-14H2,1-2,4,6-7H3/b18-9+. The van der Waals surface area contributed by atoms with Crippen molar-refractivity contribution in [2.45, 2.75) is 59.3 Å². The number of likely N-dealkylation sites (N-methyl/N-ethyl adjacent to an activating group) is 1. The first kappa shape index (κ1) is 18.0. The molecule has 0 aromatic rings. The van der Waals surface area contributed by atoms with Crippen molar-refractivity contribution in [3.05, 3.63) is 36.1 Å². The third kappa shape index (κ3) is 4.00. The van der Waals surface area contributed by atoms with Crippen molar-refractivity contribution in [3.63, 3.8) is 0 Å². The normalized spacial score (nSPS) is 26.5. The van der Waals surface area contributed by atoms with Crippen molar-refractivity contribution < 1.29 is 0 Å². The van der Waals surface area contributed by atoms with Crippen LogP contribution in [-0.2, 0) is 0 Å². The van der Waals surface area contributed by atoms with Crippen LogP contribution in [0, 0.1) is 11.3 Å². The van der Waals surface area contributed by atoms with Crippen molar-refractivity contribution in [2.24, 2.45) is 11.3 Å². The van der Waals surface area contributed by atoms with Gasteiger partial charge in [0.15, 0.2) is 0 Å². The van der Waals surface area contributed by atoms with Gasteiger partial charge in [-0.25, -0.2) is 5.43 Å². The van der Waals surface area contributed by atoms with Gasteiger partial charge in [-0.3, -0.25) is 0 Å². The first-order valence-corrected chi connectivity index (χ1v) is 8.34. The highest BCUT2D eigenvalue weighted by molar-refractivity contribution is 5.29. The fraction of sp³-hybridized carbons (Fsp3) is 0.684. The van der Waals surface area contributed by atoms with Gasteiger partial charge in [0.25, 0.3) is 0 Å². The highest BCUT2D eigenvalue weighted by Crippen LogP contribution is 2.49. The number of hydrogen-bond donors (Lipinski definition) is 1. The Morgan fingerprint density at radius 1 is 1.33 bits per heavy atom. The molecule has 2 heteroatoms. The maximum atomic E-state index is 4.38. The van der Waals surface area contributed by atoms with Crippen molar-refractivity contribution in [1.29, 1.82) is 0 Å². The average molecular weight is 290 g/mol. The van der Waals surface area contributed by atoms with Crippen LogP contribution in [0.4, 0.5) is 0 Å². The molecule has 1 N–H and O–H groups in total. The van der Waals surface area contributed by atoms with Gasteiger partial charge in [0.2, 0.25) is 0 Å². The highest BCUT2D eigenvalue weighted by atomic mass is 15.5. The van der Waals surface area contributed by atoms with Crippen LogP contribution in [0.1, 0.15) is 59.3 Å². The van der Waals surface area contributed by atoms with E-state index in [-0.39, 0.29) is 0 Å². The van der Waals surface area contributed by atoms with Crippen LogP contribution in [0.25, 0.3) is 0 Å². The number of rotatable bonds is 7. The zero-order valence-corrected chi connectivity index (χ0v) is 14.8. The maximum absolute atomic E-state index is 4.38. The van der Waals surface area contributed by atoms with Crippen LogP contribution in [0.2, 0.25) is 0 Å². The van der Waals surface area contributed by atoms with E-state index in [9.17, 15) is 0 Å². The van der Waals surface area contributed by atoms with E-state index in [0.717, 1.165) is 0 Å². The summed E-state index contributed by atoms with van der Waals surface area (Å²) in [6.07, 6.45) is 9.70. The Morgan fingerprint density at radius 3 is 2.29 bits per heavy atom. The average Bonchev–Trinajstić information content (AvgIpc) is 2.48. The van der Waals surface area contributed by atoms with Gasteiger partial charge in [-0.05, 0) is 62.9 Å². The number of nitrogens with zero attached hydrogens (tertiary/aromatic N) is 1. The molecule has 21 heavy (non-hydrogen) atoms. The van der Waals surface area contributed by atoms with Crippen LogP contribution in [0.5, 0.6) is 0 Å². The minimum atomic E-state index is 0.385. The summed E-state index contributed by atoms with van der Waals surface area (Å²) in [5.74, 6) is 0.608. The van der Waals surface area contributed by atoms with Gasteiger partial charge in [-0.15, -0.1) is 0 Å². The molecule has 0 aliphatic heterocycles. The molecule has 0 aromatic heterocycles. The number of allylic oxidation sites excluding steroid dienone is 3. The van der Waals surface area contributed by atoms with E-state index in [1.807, 2.05) is 7.05 Å². The molecule has 0 aromatic carbocycles. The van der Waals surface area contributed by atoms with Crippen LogP contribution in [-0.4, -0.2) is 19.1 Å². The molecule has 0 atom stereocenters. The second-order valence-electron chi connectivity index (χ2n) is 6.57. The quantitative estimate of drug-likeness (QED) is 0.400. The first-order valence-electron chi connectivity index (χ1n) is 8.34. The molecular formula is C19H34N2. The van der Waals surface area contributed by atoms with Gasteiger partial charge in [-0.2, -0.15) is 0 Å². The molecule has 0 spiro atoms. The molecule has 0 amide bonds. The summed E-state index contributed by atoms with van der Waals surface area (Å²) in [5.41, 5.74) is 7.45. The summed E-state index contributed by atoms with van der Waals surface area (Å²) in [7, 11) is 4.00. The number of nitrogens with one attached hydrogen (secondary N) is 1. The molecule has 2 nitrogen and oxygen atoms in total. The largest absolute Gasteiger partial charge is 0.312 e. The molecule has 0 heterocycles. The predicted octanol–water partition coefficient (Wildman–Crippen LogP) is 5.07. The van der Waals surface area contributed by atoms with Gasteiger partial charge in [0.1, 0.15) is 0 Å². The molecule has 1 aliphatic carbocycles. The van der Waals surface area contributed by atoms with Gasteiger partial charge in [0.05, 0.1) is 5.70 Å². The van der Waals surface area contributed by atoms with E-state index < -0.39 is 0 Å². The monoisotopic (exact) mass is 290 g/mol. The molecule has 1 rings (SSSR count). The Kier molecular flexibility index (Phi) is 6.73. The maximum Gasteiger partial charge on any atom is 0.0502 e. The minimum Gasteiger partial charge on any atom is -0.312 e. The molecular weight excluding hydrogens is 256 g/mol. The van der Waals surface area contributed by atoms with Crippen molar-refractivity contribution in [3.8, 4) is 0 Å². The summed E-state index contributed by atoms with van der Waals surface area (Å²) in [6, 6.07) is 0. The second-order valence-corrected chi connectivity index (χ2v) is 6.57. The molecule has 0 radical (unpaired) electrons. The lowest BCUT2D eigenvalue weighted by molar-refractivity contribution is 0.187. The van der Waals surface area contributed by atoms with Gasteiger partial charge >= 0.3 is 0 Å². The van der Waals surface area contributed by atoms with Crippen LogP contribution in [0.3, 0.4) is 0 Å². The Hall–Kier alpha value is -1.02. The number of hydrazine groups is 1. The Morgan fingerprint density at radius 2 is 1.90 bits per heavy atom. The summed E-state index contributed by atoms with van der Waals surface area (Å²) in [6.45, 7) is 15.3. The molecule has 1 saturated carbocycles. The smallest absolute Gasteiger partial charge is 0.0502 e. The van der Waals surface area contributed by atoms with E-state index in [0.29, 0.717) is 11.3 Å².